The Kier molecular flexibility index (Phi) is 6.59. The van der Waals surface area contributed by atoms with Gasteiger partial charge in [-0.05, 0) is 68.5 Å². The van der Waals surface area contributed by atoms with E-state index in [9.17, 15) is 0 Å². The van der Waals surface area contributed by atoms with Gasteiger partial charge in [0.05, 0.1) is 12.6 Å². The molecular formula is C25H36N2O3. The molecule has 5 rings (SSSR count). The standard InChI is InChI=1S/C25H36N2O3/c1-3-8-20(9-4-1)25(24-19-29-14-15-30-24)27-16-21-22(17-27)23(21)18-28-13-7-12-26-10-5-2-6-11-26/h1,3,8,14-15,19,21-23,25H,2,4-7,9-13,16-18H2/t21-,22+,23+,25?. The average Bonchev–Trinajstić information content (AvgIpc) is 3.25. The normalized spacial score (nSPS) is 32.1. The summed E-state index contributed by atoms with van der Waals surface area (Å²) in [6.45, 7) is 7.94. The minimum Gasteiger partial charge on any atom is -0.466 e. The second kappa shape index (κ2) is 9.71. The van der Waals surface area contributed by atoms with E-state index < -0.39 is 0 Å². The molecule has 30 heavy (non-hydrogen) atoms. The smallest absolute Gasteiger partial charge is 0.160 e. The maximum absolute atomic E-state index is 6.08. The summed E-state index contributed by atoms with van der Waals surface area (Å²) in [5, 5.41) is 0. The van der Waals surface area contributed by atoms with Gasteiger partial charge >= 0.3 is 0 Å². The van der Waals surface area contributed by atoms with Crippen molar-refractivity contribution in [3.05, 3.63) is 48.3 Å². The summed E-state index contributed by atoms with van der Waals surface area (Å²) in [6.07, 6.45) is 19.3. The van der Waals surface area contributed by atoms with Gasteiger partial charge in [0.15, 0.2) is 5.76 Å². The number of nitrogens with zero attached hydrogens (tertiary/aromatic N) is 2. The van der Waals surface area contributed by atoms with E-state index in [1.165, 1.54) is 50.9 Å². The third-order valence-electron chi connectivity index (χ3n) is 7.48. The molecule has 1 saturated carbocycles. The van der Waals surface area contributed by atoms with Crippen molar-refractivity contribution in [3.8, 4) is 0 Å². The van der Waals surface area contributed by atoms with Crippen molar-refractivity contribution in [2.75, 3.05) is 45.9 Å². The van der Waals surface area contributed by atoms with E-state index in [0.717, 1.165) is 62.7 Å². The maximum Gasteiger partial charge on any atom is 0.160 e. The second-order valence-electron chi connectivity index (χ2n) is 9.43. The number of piperidine rings is 2. The zero-order valence-corrected chi connectivity index (χ0v) is 18.1. The SMILES string of the molecule is C1=CCCC(C(C2=COC=CO2)N2C[C@@H]3[C@@H](COCCCN4CCCCC4)[C@@H]3C2)=C1. The highest BCUT2D eigenvalue weighted by Gasteiger charge is 2.57. The van der Waals surface area contributed by atoms with Crippen molar-refractivity contribution in [2.45, 2.75) is 44.6 Å². The van der Waals surface area contributed by atoms with Gasteiger partial charge in [0.25, 0.3) is 0 Å². The van der Waals surface area contributed by atoms with Crippen molar-refractivity contribution in [2.24, 2.45) is 17.8 Å². The van der Waals surface area contributed by atoms with E-state index in [0.29, 0.717) is 0 Å². The molecule has 1 unspecified atom stereocenters. The molecule has 2 saturated heterocycles. The molecule has 0 aromatic rings. The third-order valence-corrected chi connectivity index (χ3v) is 7.48. The van der Waals surface area contributed by atoms with Crippen LogP contribution in [0.5, 0.6) is 0 Å². The van der Waals surface area contributed by atoms with Crippen LogP contribution < -0.4 is 0 Å². The zero-order chi connectivity index (χ0) is 20.2. The van der Waals surface area contributed by atoms with E-state index in [4.69, 9.17) is 14.2 Å². The number of rotatable bonds is 9. The number of ether oxygens (including phenoxy) is 3. The number of likely N-dealkylation sites (tertiary alicyclic amines) is 2. The molecule has 3 fully saturated rings. The van der Waals surface area contributed by atoms with Gasteiger partial charge in [-0.25, -0.2) is 0 Å². The van der Waals surface area contributed by atoms with Crippen LogP contribution in [0.2, 0.25) is 0 Å². The summed E-state index contributed by atoms with van der Waals surface area (Å²) < 4.78 is 17.4. The van der Waals surface area contributed by atoms with Crippen LogP contribution in [0.25, 0.3) is 0 Å². The van der Waals surface area contributed by atoms with Crippen LogP contribution in [0, 0.1) is 17.8 Å². The molecule has 0 aromatic carbocycles. The molecular weight excluding hydrogens is 376 g/mol. The van der Waals surface area contributed by atoms with Gasteiger partial charge in [-0.15, -0.1) is 0 Å². The molecule has 3 aliphatic heterocycles. The number of hydrogen-bond acceptors (Lipinski definition) is 5. The second-order valence-corrected chi connectivity index (χ2v) is 9.43. The monoisotopic (exact) mass is 412 g/mol. The Balaban J connectivity index is 1.07. The van der Waals surface area contributed by atoms with Crippen molar-refractivity contribution < 1.29 is 14.2 Å². The lowest BCUT2D eigenvalue weighted by Gasteiger charge is -2.33. The van der Waals surface area contributed by atoms with Crippen LogP contribution in [-0.2, 0) is 14.2 Å². The highest BCUT2D eigenvalue weighted by Crippen LogP contribution is 2.53. The molecule has 0 aromatic heterocycles. The predicted octanol–water partition coefficient (Wildman–Crippen LogP) is 4.06. The zero-order valence-electron chi connectivity index (χ0n) is 18.1. The van der Waals surface area contributed by atoms with Gasteiger partial charge in [0.1, 0.15) is 18.8 Å². The fraction of sp³-hybridized carbons (Fsp3) is 0.680. The topological polar surface area (TPSA) is 34.2 Å². The molecule has 0 radical (unpaired) electrons. The highest BCUT2D eigenvalue weighted by atomic mass is 16.5. The molecule has 5 nitrogen and oxygen atoms in total. The highest BCUT2D eigenvalue weighted by molar-refractivity contribution is 5.31. The van der Waals surface area contributed by atoms with E-state index >= 15 is 0 Å². The van der Waals surface area contributed by atoms with Crippen molar-refractivity contribution in [1.29, 1.82) is 0 Å². The molecule has 164 valence electrons. The minimum absolute atomic E-state index is 0.207. The molecule has 2 aliphatic carbocycles. The van der Waals surface area contributed by atoms with Crippen LogP contribution in [-0.4, -0.2) is 61.8 Å². The van der Waals surface area contributed by atoms with Gasteiger partial charge in [0, 0.05) is 26.2 Å². The first-order chi connectivity index (χ1) is 14.9. The molecule has 0 N–H and O–H groups in total. The van der Waals surface area contributed by atoms with E-state index in [-0.39, 0.29) is 6.04 Å². The Morgan fingerprint density at radius 2 is 1.97 bits per heavy atom. The molecule has 5 aliphatic rings. The molecule has 4 atom stereocenters. The number of fused-ring (bicyclic) bond motifs is 1. The van der Waals surface area contributed by atoms with Crippen LogP contribution >= 0.6 is 0 Å². The Labute approximate surface area is 181 Å². The van der Waals surface area contributed by atoms with E-state index in [2.05, 4.69) is 28.0 Å². The fourth-order valence-electron chi connectivity index (χ4n) is 5.78. The average molecular weight is 413 g/mol. The summed E-state index contributed by atoms with van der Waals surface area (Å²) in [4.78, 5) is 5.20. The Morgan fingerprint density at radius 3 is 2.70 bits per heavy atom. The molecule has 0 spiro atoms. The minimum atomic E-state index is 0.207. The van der Waals surface area contributed by atoms with Crippen molar-refractivity contribution in [3.63, 3.8) is 0 Å². The first kappa shape index (κ1) is 20.3. The maximum atomic E-state index is 6.08. The lowest BCUT2D eigenvalue weighted by Crippen LogP contribution is -2.39. The van der Waals surface area contributed by atoms with Crippen LogP contribution in [0.15, 0.2) is 48.3 Å². The number of hydrogen-bond donors (Lipinski definition) is 0. The quantitative estimate of drug-likeness (QED) is 0.534. The lowest BCUT2D eigenvalue weighted by atomic mass is 9.95. The van der Waals surface area contributed by atoms with Gasteiger partial charge in [0.2, 0.25) is 0 Å². The lowest BCUT2D eigenvalue weighted by molar-refractivity contribution is 0.0930. The van der Waals surface area contributed by atoms with Gasteiger partial charge in [-0.1, -0.05) is 24.6 Å². The predicted molar refractivity (Wildman–Crippen MR) is 117 cm³/mol. The third kappa shape index (κ3) is 4.68. The molecule has 0 bridgehead atoms. The summed E-state index contributed by atoms with van der Waals surface area (Å²) in [7, 11) is 0. The van der Waals surface area contributed by atoms with Crippen molar-refractivity contribution in [1.82, 2.24) is 9.80 Å². The Morgan fingerprint density at radius 1 is 1.10 bits per heavy atom. The van der Waals surface area contributed by atoms with Crippen molar-refractivity contribution >= 4 is 0 Å². The van der Waals surface area contributed by atoms with Gasteiger partial charge < -0.3 is 19.1 Å². The van der Waals surface area contributed by atoms with Crippen LogP contribution in [0.1, 0.15) is 38.5 Å². The first-order valence-electron chi connectivity index (χ1n) is 12.0. The molecule has 3 heterocycles. The summed E-state index contributed by atoms with van der Waals surface area (Å²) in [6, 6.07) is 0.207. The van der Waals surface area contributed by atoms with E-state index in [1.807, 2.05) is 0 Å². The van der Waals surface area contributed by atoms with E-state index in [1.54, 1.807) is 18.8 Å². The largest absolute Gasteiger partial charge is 0.466 e. The number of allylic oxidation sites excluding steroid dienone is 3. The fourth-order valence-corrected chi connectivity index (χ4v) is 5.78. The Bertz CT molecular complexity index is 695. The first-order valence-corrected chi connectivity index (χ1v) is 12.0. The molecule has 0 amide bonds. The van der Waals surface area contributed by atoms with Gasteiger partial charge in [-0.3, -0.25) is 4.90 Å². The summed E-state index contributed by atoms with van der Waals surface area (Å²) >= 11 is 0. The van der Waals surface area contributed by atoms with Crippen LogP contribution in [0.4, 0.5) is 0 Å². The summed E-state index contributed by atoms with van der Waals surface area (Å²) in [5.74, 6) is 3.25. The Hall–Kier alpha value is -1.56. The van der Waals surface area contributed by atoms with Crippen LogP contribution in [0.3, 0.4) is 0 Å². The van der Waals surface area contributed by atoms with Gasteiger partial charge in [-0.2, -0.15) is 0 Å². The summed E-state index contributed by atoms with van der Waals surface area (Å²) in [5.41, 5.74) is 1.44. The molecule has 5 heteroatoms.